The van der Waals surface area contributed by atoms with E-state index < -0.39 is 5.60 Å². The molecule has 0 aliphatic heterocycles. The molecule has 2 atom stereocenters. The van der Waals surface area contributed by atoms with Crippen LogP contribution < -0.4 is 10.1 Å². The molecule has 0 radical (unpaired) electrons. The molecule has 0 unspecified atom stereocenters. The molecule has 4 aromatic rings. The highest BCUT2D eigenvalue weighted by atomic mass is 79.9. The van der Waals surface area contributed by atoms with E-state index in [1.165, 1.54) is 5.56 Å². The van der Waals surface area contributed by atoms with Crippen molar-refractivity contribution >= 4 is 26.8 Å². The normalized spacial score (nSPS) is 13.9. The number of aromatic nitrogens is 1. The van der Waals surface area contributed by atoms with Crippen LogP contribution in [0.15, 0.2) is 89.4 Å². The van der Waals surface area contributed by atoms with Gasteiger partial charge in [0, 0.05) is 21.3 Å². The Kier molecular flexibility index (Phi) is 9.13. The Labute approximate surface area is 222 Å². The van der Waals surface area contributed by atoms with E-state index in [-0.39, 0.29) is 5.92 Å². The van der Waals surface area contributed by atoms with Gasteiger partial charge in [0.15, 0.2) is 0 Å². The first kappa shape index (κ1) is 26.3. The second-order valence-electron chi connectivity index (χ2n) is 9.42. The van der Waals surface area contributed by atoms with Crippen molar-refractivity contribution in [3.05, 3.63) is 106 Å². The van der Waals surface area contributed by atoms with Crippen LogP contribution in [0.25, 0.3) is 10.9 Å². The van der Waals surface area contributed by atoms with Gasteiger partial charge in [-0.05, 0) is 81.1 Å². The first-order chi connectivity index (χ1) is 17.5. The second-order valence-corrected chi connectivity index (χ2v) is 10.3. The minimum absolute atomic E-state index is 0.289. The molecule has 1 heterocycles. The molecular weight excluding hydrogens is 512 g/mol. The zero-order valence-corrected chi connectivity index (χ0v) is 22.7. The SMILES string of the molecule is CNCCCC[C@](O)(CCc1ccccc1)[C@H](c1ccccc1)c1cc2cc(Br)ccc2nc1OC. The highest BCUT2D eigenvalue weighted by Gasteiger charge is 2.40. The third-order valence-electron chi connectivity index (χ3n) is 6.92. The largest absolute Gasteiger partial charge is 0.481 e. The Hall–Kier alpha value is -2.73. The number of hydrogen-bond acceptors (Lipinski definition) is 4. The molecule has 0 aliphatic carbocycles. The first-order valence-electron chi connectivity index (χ1n) is 12.6. The Morgan fingerprint density at radius 2 is 1.67 bits per heavy atom. The van der Waals surface area contributed by atoms with E-state index in [2.05, 4.69) is 69.8 Å². The number of nitrogens with one attached hydrogen (secondary N) is 1. The number of unbranched alkanes of at least 4 members (excludes halogenated alkanes) is 1. The number of nitrogens with zero attached hydrogens (tertiary/aromatic N) is 1. The van der Waals surface area contributed by atoms with Gasteiger partial charge >= 0.3 is 0 Å². The van der Waals surface area contributed by atoms with E-state index in [9.17, 15) is 5.11 Å². The van der Waals surface area contributed by atoms with Gasteiger partial charge in [-0.15, -0.1) is 0 Å². The lowest BCUT2D eigenvalue weighted by molar-refractivity contribution is 0.00395. The van der Waals surface area contributed by atoms with Crippen molar-refractivity contribution < 1.29 is 9.84 Å². The summed E-state index contributed by atoms with van der Waals surface area (Å²) in [6.45, 7) is 0.930. The van der Waals surface area contributed by atoms with E-state index in [0.717, 1.165) is 52.3 Å². The highest BCUT2D eigenvalue weighted by molar-refractivity contribution is 9.10. The number of benzene rings is 3. The molecule has 0 fully saturated rings. The van der Waals surface area contributed by atoms with Gasteiger partial charge in [0.1, 0.15) is 0 Å². The smallest absolute Gasteiger partial charge is 0.217 e. The van der Waals surface area contributed by atoms with Gasteiger partial charge in [-0.25, -0.2) is 4.98 Å². The zero-order chi connectivity index (χ0) is 25.4. The quantitative estimate of drug-likeness (QED) is 0.190. The molecule has 3 aromatic carbocycles. The third-order valence-corrected chi connectivity index (χ3v) is 7.41. The summed E-state index contributed by atoms with van der Waals surface area (Å²) < 4.78 is 6.84. The number of ether oxygens (including phenoxy) is 1. The van der Waals surface area contributed by atoms with Crippen LogP contribution in [0, 0.1) is 0 Å². The van der Waals surface area contributed by atoms with Crippen molar-refractivity contribution in [3.8, 4) is 5.88 Å². The van der Waals surface area contributed by atoms with Gasteiger partial charge in [0.2, 0.25) is 5.88 Å². The summed E-state index contributed by atoms with van der Waals surface area (Å²) in [6.07, 6.45) is 4.04. The molecule has 0 spiro atoms. The summed E-state index contributed by atoms with van der Waals surface area (Å²) in [7, 11) is 3.63. The number of methoxy groups -OCH3 is 1. The molecule has 36 heavy (non-hydrogen) atoms. The summed E-state index contributed by atoms with van der Waals surface area (Å²) in [5.74, 6) is 0.273. The van der Waals surface area contributed by atoms with Crippen LogP contribution in [0.1, 0.15) is 48.3 Å². The summed E-state index contributed by atoms with van der Waals surface area (Å²) in [5.41, 5.74) is 3.09. The van der Waals surface area contributed by atoms with Crippen LogP contribution in [-0.4, -0.2) is 36.4 Å². The Bertz CT molecular complexity index is 1250. The van der Waals surface area contributed by atoms with Crippen LogP contribution in [-0.2, 0) is 6.42 Å². The topological polar surface area (TPSA) is 54.4 Å². The molecule has 0 bridgehead atoms. The number of aliphatic hydroxyl groups is 1. The molecule has 4 rings (SSSR count). The number of aryl methyl sites for hydroxylation is 1. The standard InChI is InChI=1S/C31H35BrN2O2/c1-33-20-10-9-18-31(35,19-17-23-11-5-3-6-12-23)29(24-13-7-4-8-14-24)27-22-25-21-26(32)15-16-28(25)34-30(27)36-2/h3-8,11-16,21-22,29,33,35H,9-10,17-20H2,1-2H3/t29-,31+/m1/s1. The van der Waals surface area contributed by atoms with Crippen LogP contribution in [0.3, 0.4) is 0 Å². The van der Waals surface area contributed by atoms with Gasteiger partial charge in [0.25, 0.3) is 0 Å². The average molecular weight is 548 g/mol. The van der Waals surface area contributed by atoms with Crippen molar-refractivity contribution in [2.24, 2.45) is 0 Å². The summed E-state index contributed by atoms with van der Waals surface area (Å²) >= 11 is 3.60. The van der Waals surface area contributed by atoms with Gasteiger partial charge in [-0.3, -0.25) is 0 Å². The molecule has 2 N–H and O–H groups in total. The molecule has 0 saturated carbocycles. The minimum atomic E-state index is -0.987. The van der Waals surface area contributed by atoms with Gasteiger partial charge in [0.05, 0.1) is 18.2 Å². The van der Waals surface area contributed by atoms with Crippen LogP contribution in [0.2, 0.25) is 0 Å². The number of halogens is 1. The van der Waals surface area contributed by atoms with E-state index in [0.29, 0.717) is 18.7 Å². The predicted octanol–water partition coefficient (Wildman–Crippen LogP) is 6.89. The fourth-order valence-electron chi connectivity index (χ4n) is 5.09. The molecule has 4 nitrogen and oxygen atoms in total. The molecule has 0 saturated heterocycles. The molecule has 1 aromatic heterocycles. The number of fused-ring (bicyclic) bond motifs is 1. The average Bonchev–Trinajstić information content (AvgIpc) is 2.91. The van der Waals surface area contributed by atoms with E-state index in [1.54, 1.807) is 7.11 Å². The third kappa shape index (κ3) is 6.33. The molecule has 0 amide bonds. The van der Waals surface area contributed by atoms with Crippen molar-refractivity contribution in [1.29, 1.82) is 0 Å². The van der Waals surface area contributed by atoms with E-state index in [4.69, 9.17) is 9.72 Å². The van der Waals surface area contributed by atoms with Crippen molar-refractivity contribution in [3.63, 3.8) is 0 Å². The molecule has 5 heteroatoms. The Morgan fingerprint density at radius 3 is 2.36 bits per heavy atom. The predicted molar refractivity (Wildman–Crippen MR) is 152 cm³/mol. The fraction of sp³-hybridized carbons (Fsp3) is 0.323. The second kappa shape index (κ2) is 12.5. The van der Waals surface area contributed by atoms with Crippen molar-refractivity contribution in [2.45, 2.75) is 43.6 Å². The number of pyridine rings is 1. The van der Waals surface area contributed by atoms with Crippen molar-refractivity contribution in [2.75, 3.05) is 20.7 Å². The van der Waals surface area contributed by atoms with Gasteiger partial charge in [-0.2, -0.15) is 0 Å². The first-order valence-corrected chi connectivity index (χ1v) is 13.4. The van der Waals surface area contributed by atoms with Crippen LogP contribution in [0.4, 0.5) is 0 Å². The van der Waals surface area contributed by atoms with Gasteiger partial charge in [-0.1, -0.05) is 76.6 Å². The monoisotopic (exact) mass is 546 g/mol. The summed E-state index contributed by atoms with van der Waals surface area (Å²) in [6, 6.07) is 28.9. The fourth-order valence-corrected chi connectivity index (χ4v) is 5.47. The number of hydrogen-bond donors (Lipinski definition) is 2. The lowest BCUT2D eigenvalue weighted by atomic mass is 9.72. The van der Waals surface area contributed by atoms with Crippen LogP contribution in [0.5, 0.6) is 5.88 Å². The minimum Gasteiger partial charge on any atom is -0.481 e. The maximum atomic E-state index is 12.6. The summed E-state index contributed by atoms with van der Waals surface area (Å²) in [5, 5.41) is 16.8. The molecular formula is C31H35BrN2O2. The summed E-state index contributed by atoms with van der Waals surface area (Å²) in [4.78, 5) is 4.86. The van der Waals surface area contributed by atoms with E-state index in [1.807, 2.05) is 43.4 Å². The maximum absolute atomic E-state index is 12.6. The lowest BCUT2D eigenvalue weighted by Gasteiger charge is -2.38. The molecule has 188 valence electrons. The van der Waals surface area contributed by atoms with E-state index >= 15 is 0 Å². The highest BCUT2D eigenvalue weighted by Crippen LogP contribution is 2.45. The Morgan fingerprint density at radius 1 is 0.944 bits per heavy atom. The maximum Gasteiger partial charge on any atom is 0.217 e. The zero-order valence-electron chi connectivity index (χ0n) is 21.1. The lowest BCUT2D eigenvalue weighted by Crippen LogP contribution is -2.38. The number of rotatable bonds is 12. The van der Waals surface area contributed by atoms with Crippen LogP contribution >= 0.6 is 15.9 Å². The molecule has 0 aliphatic rings. The van der Waals surface area contributed by atoms with Gasteiger partial charge < -0.3 is 15.2 Å². The van der Waals surface area contributed by atoms with Crippen molar-refractivity contribution in [1.82, 2.24) is 10.3 Å². The Balaban J connectivity index is 1.83.